The number of esters is 1. The number of aromatic nitrogens is 2. The van der Waals surface area contributed by atoms with Crippen LogP contribution in [0.1, 0.15) is 55.2 Å². The third-order valence-electron chi connectivity index (χ3n) is 5.08. The first-order valence-electron chi connectivity index (χ1n) is 10.1. The first-order chi connectivity index (χ1) is 13.5. The van der Waals surface area contributed by atoms with Gasteiger partial charge in [0.15, 0.2) is 0 Å². The van der Waals surface area contributed by atoms with E-state index in [4.69, 9.17) is 14.7 Å². The van der Waals surface area contributed by atoms with Gasteiger partial charge in [0.05, 0.1) is 23.3 Å². The van der Waals surface area contributed by atoms with Crippen molar-refractivity contribution < 1.29 is 9.53 Å². The molecule has 2 aromatic heterocycles. The number of fused-ring (bicyclic) bond motifs is 3. The normalized spacial score (nSPS) is 11.2. The van der Waals surface area contributed by atoms with Gasteiger partial charge in [-0.15, -0.1) is 0 Å². The van der Waals surface area contributed by atoms with E-state index in [1.54, 1.807) is 6.20 Å². The molecule has 0 saturated carbocycles. The predicted molar refractivity (Wildman–Crippen MR) is 115 cm³/mol. The van der Waals surface area contributed by atoms with Gasteiger partial charge in [-0.3, -0.25) is 9.97 Å². The highest BCUT2D eigenvalue weighted by atomic mass is 16.5. The number of carbonyl (C=O) groups is 1. The molecule has 148 valence electrons. The summed E-state index contributed by atoms with van der Waals surface area (Å²) in [4.78, 5) is 24.5. The van der Waals surface area contributed by atoms with Crippen LogP contribution < -0.4 is 4.90 Å². The van der Waals surface area contributed by atoms with Crippen LogP contribution in [0.15, 0.2) is 24.4 Å². The molecule has 0 atom stereocenters. The number of unbranched alkanes of at least 4 members (excludes halogenated alkanes) is 1. The van der Waals surface area contributed by atoms with Gasteiger partial charge >= 0.3 is 5.97 Å². The highest BCUT2D eigenvalue weighted by Gasteiger charge is 2.23. The third kappa shape index (κ3) is 3.66. The molecule has 0 N–H and O–H groups in total. The minimum Gasteiger partial charge on any atom is -0.462 e. The molecular formula is C23H29N3O2. The molecule has 2 heterocycles. The molecule has 3 aromatic rings. The van der Waals surface area contributed by atoms with Crippen molar-refractivity contribution in [2.45, 2.75) is 47.5 Å². The molecule has 0 aliphatic rings. The van der Waals surface area contributed by atoms with E-state index in [-0.39, 0.29) is 5.97 Å². The fourth-order valence-electron chi connectivity index (χ4n) is 3.69. The summed E-state index contributed by atoms with van der Waals surface area (Å²) in [5.41, 5.74) is 5.28. The molecule has 0 radical (unpaired) electrons. The van der Waals surface area contributed by atoms with Gasteiger partial charge in [0, 0.05) is 35.8 Å². The first kappa shape index (κ1) is 20.1. The smallest absolute Gasteiger partial charge is 0.341 e. The number of benzene rings is 1. The lowest BCUT2D eigenvalue weighted by Crippen LogP contribution is -2.27. The Hall–Kier alpha value is -2.69. The summed E-state index contributed by atoms with van der Waals surface area (Å²) in [5.74, 6) is -0.328. The third-order valence-corrected chi connectivity index (χ3v) is 5.08. The minimum atomic E-state index is -0.328. The number of carbonyl (C=O) groups excluding carboxylic acids is 1. The number of hydrogen-bond donors (Lipinski definition) is 0. The van der Waals surface area contributed by atoms with Crippen LogP contribution in [0.4, 0.5) is 5.69 Å². The standard InChI is InChI=1S/C23H29N3O2/c1-6-9-12-26(7-2)22-18(23(27)28-8-3)14-24-21-17-13-15(4)10-11-19(17)25-16(5)20(21)22/h10-11,13-14H,6-9,12H2,1-5H3. The maximum Gasteiger partial charge on any atom is 0.341 e. The van der Waals surface area contributed by atoms with E-state index in [0.29, 0.717) is 12.2 Å². The number of anilines is 1. The van der Waals surface area contributed by atoms with Crippen LogP contribution in [-0.2, 0) is 4.74 Å². The average molecular weight is 380 g/mol. The van der Waals surface area contributed by atoms with Gasteiger partial charge in [-0.05, 0) is 46.2 Å². The van der Waals surface area contributed by atoms with E-state index in [1.807, 2.05) is 19.9 Å². The van der Waals surface area contributed by atoms with Crippen LogP contribution >= 0.6 is 0 Å². The summed E-state index contributed by atoms with van der Waals surface area (Å²) in [6.45, 7) is 12.2. The van der Waals surface area contributed by atoms with Gasteiger partial charge < -0.3 is 9.64 Å². The van der Waals surface area contributed by atoms with E-state index < -0.39 is 0 Å². The van der Waals surface area contributed by atoms with Crippen molar-refractivity contribution in [3.05, 3.63) is 41.2 Å². The summed E-state index contributed by atoms with van der Waals surface area (Å²) in [7, 11) is 0. The molecule has 5 nitrogen and oxygen atoms in total. The fraction of sp³-hybridized carbons (Fsp3) is 0.435. The average Bonchev–Trinajstić information content (AvgIpc) is 2.69. The Bertz CT molecular complexity index is 1010. The van der Waals surface area contributed by atoms with Crippen LogP contribution in [0, 0.1) is 13.8 Å². The van der Waals surface area contributed by atoms with Gasteiger partial charge in [0.1, 0.15) is 5.56 Å². The lowest BCUT2D eigenvalue weighted by molar-refractivity contribution is 0.0527. The molecule has 0 aliphatic heterocycles. The van der Waals surface area contributed by atoms with Gasteiger partial charge in [-0.25, -0.2) is 4.79 Å². The van der Waals surface area contributed by atoms with Crippen LogP contribution in [0.3, 0.4) is 0 Å². The number of ether oxygens (including phenoxy) is 1. The molecule has 0 saturated heterocycles. The van der Waals surface area contributed by atoms with Gasteiger partial charge in [0.25, 0.3) is 0 Å². The second-order valence-corrected chi connectivity index (χ2v) is 7.12. The lowest BCUT2D eigenvalue weighted by atomic mass is 10.0. The summed E-state index contributed by atoms with van der Waals surface area (Å²) in [5, 5.41) is 1.96. The van der Waals surface area contributed by atoms with Gasteiger partial charge in [-0.1, -0.05) is 25.0 Å². The van der Waals surface area contributed by atoms with Crippen LogP contribution in [-0.4, -0.2) is 35.6 Å². The molecule has 0 unspecified atom stereocenters. The summed E-state index contributed by atoms with van der Waals surface area (Å²) in [6.07, 6.45) is 3.82. The monoisotopic (exact) mass is 379 g/mol. The Morgan fingerprint density at radius 1 is 1.18 bits per heavy atom. The topological polar surface area (TPSA) is 55.3 Å². The number of rotatable bonds is 7. The maximum absolute atomic E-state index is 12.7. The van der Waals surface area contributed by atoms with Crippen molar-refractivity contribution in [3.8, 4) is 0 Å². The van der Waals surface area contributed by atoms with E-state index in [2.05, 4.69) is 37.8 Å². The first-order valence-corrected chi connectivity index (χ1v) is 10.1. The lowest BCUT2D eigenvalue weighted by Gasteiger charge is -2.27. The molecule has 0 amide bonds. The maximum atomic E-state index is 12.7. The molecule has 1 aromatic carbocycles. The Morgan fingerprint density at radius 2 is 1.96 bits per heavy atom. The van der Waals surface area contributed by atoms with Gasteiger partial charge in [-0.2, -0.15) is 0 Å². The van der Waals surface area contributed by atoms with Crippen molar-refractivity contribution in [1.29, 1.82) is 0 Å². The Labute approximate surface area is 166 Å². The molecule has 0 spiro atoms. The zero-order valence-electron chi connectivity index (χ0n) is 17.5. The van der Waals surface area contributed by atoms with Crippen molar-refractivity contribution >= 4 is 33.5 Å². The zero-order valence-corrected chi connectivity index (χ0v) is 17.5. The minimum absolute atomic E-state index is 0.328. The van der Waals surface area contributed by atoms with Crippen molar-refractivity contribution in [3.63, 3.8) is 0 Å². The van der Waals surface area contributed by atoms with E-state index in [0.717, 1.165) is 64.7 Å². The molecule has 0 bridgehead atoms. The molecule has 0 aliphatic carbocycles. The number of pyridine rings is 2. The van der Waals surface area contributed by atoms with Gasteiger partial charge in [0.2, 0.25) is 0 Å². The van der Waals surface area contributed by atoms with Crippen LogP contribution in [0.25, 0.3) is 21.8 Å². The summed E-state index contributed by atoms with van der Waals surface area (Å²) < 4.78 is 5.34. The van der Waals surface area contributed by atoms with Crippen molar-refractivity contribution in [2.75, 3.05) is 24.6 Å². The molecule has 28 heavy (non-hydrogen) atoms. The van der Waals surface area contributed by atoms with E-state index in [9.17, 15) is 4.79 Å². The summed E-state index contributed by atoms with van der Waals surface area (Å²) >= 11 is 0. The van der Waals surface area contributed by atoms with Crippen LogP contribution in [0.2, 0.25) is 0 Å². The number of aryl methyl sites for hydroxylation is 2. The van der Waals surface area contributed by atoms with Crippen LogP contribution in [0.5, 0.6) is 0 Å². The number of nitrogens with zero attached hydrogens (tertiary/aromatic N) is 3. The quantitative estimate of drug-likeness (QED) is 0.417. The second-order valence-electron chi connectivity index (χ2n) is 7.12. The van der Waals surface area contributed by atoms with Crippen molar-refractivity contribution in [2.24, 2.45) is 0 Å². The van der Waals surface area contributed by atoms with Crippen molar-refractivity contribution in [1.82, 2.24) is 9.97 Å². The largest absolute Gasteiger partial charge is 0.462 e. The number of hydrogen-bond acceptors (Lipinski definition) is 5. The SMILES string of the molecule is CCCCN(CC)c1c(C(=O)OCC)cnc2c1c(C)nc1ccc(C)cc12. The molecule has 0 fully saturated rings. The molecular weight excluding hydrogens is 350 g/mol. The molecule has 5 heteroatoms. The molecule has 3 rings (SSSR count). The Morgan fingerprint density at radius 3 is 2.64 bits per heavy atom. The second kappa shape index (κ2) is 8.55. The van der Waals surface area contributed by atoms with E-state index >= 15 is 0 Å². The fourth-order valence-corrected chi connectivity index (χ4v) is 3.69. The predicted octanol–water partition coefficient (Wildman–Crippen LogP) is 5.20. The zero-order chi connectivity index (χ0) is 20.3. The Balaban J connectivity index is 2.38. The summed E-state index contributed by atoms with van der Waals surface area (Å²) in [6, 6.07) is 6.22. The highest BCUT2D eigenvalue weighted by Crippen LogP contribution is 2.36. The highest BCUT2D eigenvalue weighted by molar-refractivity contribution is 6.13. The Kier molecular flexibility index (Phi) is 6.12. The van der Waals surface area contributed by atoms with E-state index in [1.165, 1.54) is 0 Å².